The summed E-state index contributed by atoms with van der Waals surface area (Å²) in [5.41, 5.74) is 1.46. The summed E-state index contributed by atoms with van der Waals surface area (Å²) in [4.78, 5) is 0. The van der Waals surface area contributed by atoms with Gasteiger partial charge in [0.2, 0.25) is 0 Å². The van der Waals surface area contributed by atoms with Crippen LogP contribution in [0.2, 0.25) is 0 Å². The molecule has 0 spiro atoms. The highest BCUT2D eigenvalue weighted by Gasteiger charge is 2.69. The number of benzene rings is 2. The molecule has 2 aromatic carbocycles. The summed E-state index contributed by atoms with van der Waals surface area (Å²) in [6.45, 7) is 0. The minimum atomic E-state index is -2.61. The zero-order valence-corrected chi connectivity index (χ0v) is 9.18. The van der Waals surface area contributed by atoms with Crippen molar-refractivity contribution in [2.24, 2.45) is 0 Å². The normalized spacial score (nSPS) is 25.5. The van der Waals surface area contributed by atoms with E-state index in [0.717, 1.165) is 11.1 Å². The summed E-state index contributed by atoms with van der Waals surface area (Å²) in [6, 6.07) is 18.1. The molecule has 0 aromatic heterocycles. The Morgan fingerprint density at radius 2 is 1.00 bits per heavy atom. The van der Waals surface area contributed by atoms with Crippen molar-refractivity contribution in [3.8, 4) is 0 Å². The molecule has 0 aliphatic heterocycles. The van der Waals surface area contributed by atoms with Crippen molar-refractivity contribution >= 4 is 0 Å². The van der Waals surface area contributed by atoms with Gasteiger partial charge in [-0.3, -0.25) is 0 Å². The molecule has 2 heteroatoms. The van der Waals surface area contributed by atoms with Gasteiger partial charge >= 0.3 is 0 Å². The zero-order chi connectivity index (χ0) is 11.9. The molecule has 0 amide bonds. The molecule has 0 radical (unpaired) electrons. The fourth-order valence-electron chi connectivity index (χ4n) is 2.48. The van der Waals surface area contributed by atoms with Crippen LogP contribution in [0, 0.1) is 0 Å². The zero-order valence-electron chi connectivity index (χ0n) is 9.18. The lowest BCUT2D eigenvalue weighted by Crippen LogP contribution is -1.94. The second-order valence-corrected chi connectivity index (χ2v) is 4.45. The van der Waals surface area contributed by atoms with Gasteiger partial charge in [-0.25, -0.2) is 8.78 Å². The van der Waals surface area contributed by atoms with Gasteiger partial charge in [-0.15, -0.1) is 0 Å². The molecule has 0 bridgehead atoms. The molecule has 0 nitrogen and oxygen atoms in total. The predicted molar refractivity (Wildman–Crippen MR) is 63.3 cm³/mol. The van der Waals surface area contributed by atoms with E-state index >= 15 is 0 Å². The van der Waals surface area contributed by atoms with E-state index in [1.165, 1.54) is 0 Å². The van der Waals surface area contributed by atoms with Crippen LogP contribution in [0.1, 0.15) is 23.0 Å². The summed E-state index contributed by atoms with van der Waals surface area (Å²) in [5.74, 6) is -3.93. The Morgan fingerprint density at radius 3 is 1.35 bits per heavy atom. The summed E-state index contributed by atoms with van der Waals surface area (Å²) in [7, 11) is 0. The second kappa shape index (κ2) is 3.66. The molecule has 0 N–H and O–H groups in total. The molecule has 0 saturated heterocycles. The molecule has 1 saturated carbocycles. The molecule has 17 heavy (non-hydrogen) atoms. The summed E-state index contributed by atoms with van der Waals surface area (Å²) in [6.07, 6.45) is 0. The first-order valence-corrected chi connectivity index (χ1v) is 5.69. The molecule has 1 aliphatic carbocycles. The predicted octanol–water partition coefficient (Wildman–Crippen LogP) is 4.20. The first kappa shape index (κ1) is 10.5. The molecule has 2 atom stereocenters. The third-order valence-corrected chi connectivity index (χ3v) is 3.37. The lowest BCUT2D eigenvalue weighted by molar-refractivity contribution is 0.105. The van der Waals surface area contributed by atoms with E-state index in [9.17, 15) is 8.78 Å². The fourth-order valence-corrected chi connectivity index (χ4v) is 2.48. The van der Waals surface area contributed by atoms with E-state index in [-0.39, 0.29) is 0 Å². The van der Waals surface area contributed by atoms with Crippen molar-refractivity contribution in [1.29, 1.82) is 0 Å². The van der Waals surface area contributed by atoms with Crippen molar-refractivity contribution in [3.63, 3.8) is 0 Å². The Hall–Kier alpha value is -1.70. The molecule has 2 aromatic rings. The molecule has 1 aliphatic rings. The van der Waals surface area contributed by atoms with Gasteiger partial charge in [0.05, 0.1) is 11.8 Å². The van der Waals surface area contributed by atoms with Gasteiger partial charge < -0.3 is 0 Å². The van der Waals surface area contributed by atoms with Gasteiger partial charge in [0.15, 0.2) is 0 Å². The first-order valence-electron chi connectivity index (χ1n) is 5.69. The van der Waals surface area contributed by atoms with Gasteiger partial charge in [-0.1, -0.05) is 60.7 Å². The molecule has 3 rings (SSSR count). The molecule has 1 fully saturated rings. The molecular weight excluding hydrogens is 218 g/mol. The lowest BCUT2D eigenvalue weighted by Gasteiger charge is -1.97. The molecule has 0 unspecified atom stereocenters. The molecular formula is C15H12F2. The highest BCUT2D eigenvalue weighted by molar-refractivity contribution is 5.42. The van der Waals surface area contributed by atoms with Crippen molar-refractivity contribution < 1.29 is 8.78 Å². The Morgan fingerprint density at radius 1 is 0.647 bits per heavy atom. The van der Waals surface area contributed by atoms with Crippen molar-refractivity contribution in [1.82, 2.24) is 0 Å². The SMILES string of the molecule is FC1(F)[C@H](c2ccccc2)[C@H]1c1ccccc1. The number of hydrogen-bond acceptors (Lipinski definition) is 0. The smallest absolute Gasteiger partial charge is 0.205 e. The van der Waals surface area contributed by atoms with E-state index in [1.54, 1.807) is 24.3 Å². The van der Waals surface area contributed by atoms with E-state index in [1.807, 2.05) is 36.4 Å². The molecule has 86 valence electrons. The van der Waals surface area contributed by atoms with Gasteiger partial charge in [0.25, 0.3) is 5.92 Å². The summed E-state index contributed by atoms with van der Waals surface area (Å²) < 4.78 is 27.7. The van der Waals surface area contributed by atoms with Gasteiger partial charge in [0.1, 0.15) is 0 Å². The maximum absolute atomic E-state index is 13.8. The lowest BCUT2D eigenvalue weighted by atomic mass is 10.0. The Labute approximate surface area is 98.9 Å². The quantitative estimate of drug-likeness (QED) is 0.725. The van der Waals surface area contributed by atoms with Crippen LogP contribution in [0.3, 0.4) is 0 Å². The average molecular weight is 230 g/mol. The van der Waals surface area contributed by atoms with Crippen molar-refractivity contribution in [2.75, 3.05) is 0 Å². The Balaban J connectivity index is 1.95. The van der Waals surface area contributed by atoms with Crippen LogP contribution in [0.5, 0.6) is 0 Å². The maximum atomic E-state index is 13.8. The number of halogens is 2. The van der Waals surface area contributed by atoms with Crippen LogP contribution in [-0.4, -0.2) is 5.92 Å². The van der Waals surface area contributed by atoms with Crippen molar-refractivity contribution in [3.05, 3.63) is 71.8 Å². The van der Waals surface area contributed by atoms with E-state index in [0.29, 0.717) is 0 Å². The number of rotatable bonds is 2. The van der Waals surface area contributed by atoms with Crippen molar-refractivity contribution in [2.45, 2.75) is 17.8 Å². The monoisotopic (exact) mass is 230 g/mol. The topological polar surface area (TPSA) is 0 Å². The maximum Gasteiger partial charge on any atom is 0.263 e. The standard InChI is InChI=1S/C15H12F2/c16-15(17)13(11-7-3-1-4-8-11)14(15)12-9-5-2-6-10-12/h1-10,13-14H/t13-,14-/m1/s1. The van der Waals surface area contributed by atoms with Crippen LogP contribution < -0.4 is 0 Å². The van der Waals surface area contributed by atoms with Crippen LogP contribution in [0.15, 0.2) is 60.7 Å². The highest BCUT2D eigenvalue weighted by atomic mass is 19.3. The largest absolute Gasteiger partial charge is 0.263 e. The van der Waals surface area contributed by atoms with Crippen LogP contribution in [0.4, 0.5) is 8.78 Å². The van der Waals surface area contributed by atoms with E-state index in [4.69, 9.17) is 0 Å². The minimum absolute atomic E-state index is 0.661. The summed E-state index contributed by atoms with van der Waals surface area (Å²) >= 11 is 0. The Bertz CT molecular complexity index is 457. The van der Waals surface area contributed by atoms with E-state index < -0.39 is 17.8 Å². The van der Waals surface area contributed by atoms with Crippen LogP contribution in [0.25, 0.3) is 0 Å². The average Bonchev–Trinajstić information content (AvgIpc) is 2.94. The minimum Gasteiger partial charge on any atom is -0.205 e. The first-order chi connectivity index (χ1) is 8.21. The highest BCUT2D eigenvalue weighted by Crippen LogP contribution is 2.66. The van der Waals surface area contributed by atoms with E-state index in [2.05, 4.69) is 0 Å². The van der Waals surface area contributed by atoms with Gasteiger partial charge in [-0.05, 0) is 11.1 Å². The number of alkyl halides is 2. The van der Waals surface area contributed by atoms with Gasteiger partial charge in [-0.2, -0.15) is 0 Å². The third kappa shape index (κ3) is 1.64. The second-order valence-electron chi connectivity index (χ2n) is 4.45. The van der Waals surface area contributed by atoms with Gasteiger partial charge in [0, 0.05) is 0 Å². The third-order valence-electron chi connectivity index (χ3n) is 3.37. The Kier molecular flexibility index (Phi) is 2.25. The van der Waals surface area contributed by atoms with Crippen LogP contribution >= 0.6 is 0 Å². The molecule has 0 heterocycles. The number of hydrogen-bond donors (Lipinski definition) is 0. The summed E-state index contributed by atoms with van der Waals surface area (Å²) in [5, 5.41) is 0. The van der Waals surface area contributed by atoms with Crippen LogP contribution in [-0.2, 0) is 0 Å². The fraction of sp³-hybridized carbons (Fsp3) is 0.200.